The topological polar surface area (TPSA) is 77.1 Å². The third-order valence-corrected chi connectivity index (χ3v) is 4.41. The van der Waals surface area contributed by atoms with Gasteiger partial charge in [-0.2, -0.15) is 0 Å². The van der Waals surface area contributed by atoms with E-state index >= 15 is 0 Å². The van der Waals surface area contributed by atoms with Crippen molar-refractivity contribution in [3.8, 4) is 5.75 Å². The highest BCUT2D eigenvalue weighted by atomic mass is 16.5. The lowest BCUT2D eigenvalue weighted by Gasteiger charge is -2.33. The van der Waals surface area contributed by atoms with Gasteiger partial charge in [-0.1, -0.05) is 18.2 Å². The molecule has 0 radical (unpaired) electrons. The van der Waals surface area contributed by atoms with Crippen molar-refractivity contribution in [2.45, 2.75) is 6.10 Å². The number of ether oxygens (including phenoxy) is 3. The molecule has 2 aromatic rings. The number of fused-ring (bicyclic) bond motifs is 1. The Balaban J connectivity index is 1.69. The molecule has 0 aromatic heterocycles. The van der Waals surface area contributed by atoms with Crippen molar-refractivity contribution in [1.29, 1.82) is 0 Å². The first-order valence-electron chi connectivity index (χ1n) is 8.39. The van der Waals surface area contributed by atoms with Crippen molar-refractivity contribution in [2.75, 3.05) is 40.5 Å². The molecule has 0 aliphatic carbocycles. The van der Waals surface area contributed by atoms with Gasteiger partial charge in [-0.25, -0.2) is 4.79 Å². The van der Waals surface area contributed by atoms with Crippen LogP contribution in [0.15, 0.2) is 36.4 Å². The first kappa shape index (κ1) is 18.0. The highest BCUT2D eigenvalue weighted by Gasteiger charge is 2.25. The third-order valence-electron chi connectivity index (χ3n) is 4.41. The van der Waals surface area contributed by atoms with Crippen LogP contribution in [0.1, 0.15) is 11.7 Å². The Morgan fingerprint density at radius 3 is 2.73 bits per heavy atom. The molecule has 0 saturated carbocycles. The van der Waals surface area contributed by atoms with Crippen molar-refractivity contribution in [2.24, 2.45) is 0 Å². The second kappa shape index (κ2) is 8.05. The number of nitrogens with zero attached hydrogens (tertiary/aromatic N) is 1. The van der Waals surface area contributed by atoms with E-state index in [-0.39, 0.29) is 18.7 Å². The second-order valence-corrected chi connectivity index (χ2v) is 6.01. The Morgan fingerprint density at radius 1 is 1.19 bits per heavy atom. The van der Waals surface area contributed by atoms with Crippen LogP contribution in [0.5, 0.6) is 5.75 Å². The first-order valence-corrected chi connectivity index (χ1v) is 8.39. The zero-order chi connectivity index (χ0) is 18.5. The molecular weight excluding hydrogens is 336 g/mol. The van der Waals surface area contributed by atoms with E-state index in [0.717, 1.165) is 22.1 Å². The van der Waals surface area contributed by atoms with Crippen molar-refractivity contribution < 1.29 is 23.8 Å². The van der Waals surface area contributed by atoms with E-state index < -0.39 is 5.97 Å². The summed E-state index contributed by atoms with van der Waals surface area (Å²) in [5.41, 5.74) is 1.01. The Kier molecular flexibility index (Phi) is 5.58. The van der Waals surface area contributed by atoms with Crippen LogP contribution in [0.2, 0.25) is 0 Å². The Morgan fingerprint density at radius 2 is 1.96 bits per heavy atom. The van der Waals surface area contributed by atoms with Crippen LogP contribution in [-0.2, 0) is 14.3 Å². The predicted molar refractivity (Wildman–Crippen MR) is 96.2 cm³/mol. The van der Waals surface area contributed by atoms with Gasteiger partial charge in [-0.3, -0.25) is 4.79 Å². The zero-order valence-corrected chi connectivity index (χ0v) is 14.9. The lowest BCUT2D eigenvalue weighted by atomic mass is 10.0. The highest BCUT2D eigenvalue weighted by Crippen LogP contribution is 2.27. The van der Waals surface area contributed by atoms with Gasteiger partial charge >= 0.3 is 12.0 Å². The summed E-state index contributed by atoms with van der Waals surface area (Å²) in [6, 6.07) is 11.7. The van der Waals surface area contributed by atoms with Crippen LogP contribution in [0.3, 0.4) is 0 Å². The molecule has 0 spiro atoms. The van der Waals surface area contributed by atoms with Crippen LogP contribution in [0, 0.1) is 0 Å². The summed E-state index contributed by atoms with van der Waals surface area (Å²) >= 11 is 0. The minimum atomic E-state index is -0.479. The van der Waals surface area contributed by atoms with Crippen molar-refractivity contribution in [3.63, 3.8) is 0 Å². The minimum absolute atomic E-state index is 0.144. The number of rotatable bonds is 4. The number of hydrogen-bond donors (Lipinski definition) is 1. The van der Waals surface area contributed by atoms with Gasteiger partial charge in [0, 0.05) is 6.54 Å². The number of amides is 2. The normalized spacial score (nSPS) is 17.0. The van der Waals surface area contributed by atoms with Gasteiger partial charge in [0.05, 0.1) is 27.4 Å². The summed E-state index contributed by atoms with van der Waals surface area (Å²) in [4.78, 5) is 25.0. The average Bonchev–Trinajstić information content (AvgIpc) is 2.70. The van der Waals surface area contributed by atoms with E-state index in [2.05, 4.69) is 16.1 Å². The smallest absolute Gasteiger partial charge is 0.325 e. The molecular formula is C19H22N2O5. The number of urea groups is 1. The molecule has 3 rings (SSSR count). The fourth-order valence-corrected chi connectivity index (χ4v) is 2.94. The van der Waals surface area contributed by atoms with Crippen molar-refractivity contribution in [3.05, 3.63) is 42.0 Å². The van der Waals surface area contributed by atoms with Gasteiger partial charge in [0.1, 0.15) is 18.4 Å². The Labute approximate surface area is 151 Å². The standard InChI is InChI=1S/C19H22N2O5/c1-24-16-6-5-13-9-15(4-3-14(13)10-16)17-12-21(7-8-26-17)19(23)20-11-18(22)25-2/h3-6,9-10,17H,7-8,11-12H2,1-2H3,(H,20,23)/t17-/m0/s1. The molecule has 1 heterocycles. The van der Waals surface area contributed by atoms with E-state index in [0.29, 0.717) is 19.7 Å². The molecule has 1 atom stereocenters. The summed E-state index contributed by atoms with van der Waals surface area (Å²) in [5.74, 6) is 0.334. The first-order chi connectivity index (χ1) is 12.6. The second-order valence-electron chi connectivity index (χ2n) is 6.01. The molecule has 0 bridgehead atoms. The molecule has 26 heavy (non-hydrogen) atoms. The predicted octanol–water partition coefficient (Wildman–Crippen LogP) is 2.10. The Hall–Kier alpha value is -2.80. The van der Waals surface area contributed by atoms with E-state index in [4.69, 9.17) is 9.47 Å². The van der Waals surface area contributed by atoms with Crippen LogP contribution in [-0.4, -0.2) is 57.4 Å². The van der Waals surface area contributed by atoms with Gasteiger partial charge in [0.25, 0.3) is 0 Å². The lowest BCUT2D eigenvalue weighted by molar-refractivity contribution is -0.139. The lowest BCUT2D eigenvalue weighted by Crippen LogP contribution is -2.48. The fourth-order valence-electron chi connectivity index (χ4n) is 2.94. The maximum absolute atomic E-state index is 12.2. The number of carbonyl (C=O) groups excluding carboxylic acids is 2. The molecule has 0 unspecified atom stereocenters. The van der Waals surface area contributed by atoms with Crippen molar-refractivity contribution >= 4 is 22.8 Å². The van der Waals surface area contributed by atoms with Crippen LogP contribution in [0.4, 0.5) is 4.79 Å². The van der Waals surface area contributed by atoms with E-state index in [1.54, 1.807) is 12.0 Å². The number of carbonyl (C=O) groups is 2. The van der Waals surface area contributed by atoms with Gasteiger partial charge in [0.2, 0.25) is 0 Å². The van der Waals surface area contributed by atoms with Crippen LogP contribution < -0.4 is 10.1 Å². The molecule has 1 saturated heterocycles. The van der Waals surface area contributed by atoms with Gasteiger partial charge in [-0.05, 0) is 34.5 Å². The number of morpholine rings is 1. The monoisotopic (exact) mass is 358 g/mol. The molecule has 1 aliphatic rings. The quantitative estimate of drug-likeness (QED) is 0.847. The molecule has 2 amide bonds. The Bertz CT molecular complexity index is 808. The highest BCUT2D eigenvalue weighted by molar-refractivity contribution is 5.84. The zero-order valence-electron chi connectivity index (χ0n) is 14.9. The molecule has 7 nitrogen and oxygen atoms in total. The van der Waals surface area contributed by atoms with E-state index in [1.165, 1.54) is 7.11 Å². The molecule has 1 fully saturated rings. The fraction of sp³-hybridized carbons (Fsp3) is 0.368. The summed E-state index contributed by atoms with van der Waals surface area (Å²) in [6.07, 6.45) is -0.209. The SMILES string of the molecule is COC(=O)CNC(=O)N1CCO[C@H](c2ccc3cc(OC)ccc3c2)C1. The summed E-state index contributed by atoms with van der Waals surface area (Å²) in [5, 5.41) is 4.72. The third kappa shape index (κ3) is 4.05. The largest absolute Gasteiger partial charge is 0.497 e. The molecule has 1 N–H and O–H groups in total. The summed E-state index contributed by atoms with van der Waals surface area (Å²) < 4.78 is 15.6. The summed E-state index contributed by atoms with van der Waals surface area (Å²) in [7, 11) is 2.93. The molecule has 2 aromatic carbocycles. The van der Waals surface area contributed by atoms with Gasteiger partial charge in [0.15, 0.2) is 0 Å². The summed E-state index contributed by atoms with van der Waals surface area (Å²) in [6.45, 7) is 1.20. The number of methoxy groups -OCH3 is 2. The van der Waals surface area contributed by atoms with Crippen LogP contribution in [0.25, 0.3) is 10.8 Å². The van der Waals surface area contributed by atoms with Gasteiger partial charge < -0.3 is 24.4 Å². The number of benzene rings is 2. The maximum Gasteiger partial charge on any atom is 0.325 e. The molecule has 1 aliphatic heterocycles. The van der Waals surface area contributed by atoms with E-state index in [9.17, 15) is 9.59 Å². The maximum atomic E-state index is 12.2. The number of nitrogens with one attached hydrogen (secondary N) is 1. The average molecular weight is 358 g/mol. The number of hydrogen-bond acceptors (Lipinski definition) is 5. The minimum Gasteiger partial charge on any atom is -0.497 e. The number of esters is 1. The van der Waals surface area contributed by atoms with E-state index in [1.807, 2.05) is 30.3 Å². The van der Waals surface area contributed by atoms with Crippen LogP contribution >= 0.6 is 0 Å². The van der Waals surface area contributed by atoms with Gasteiger partial charge in [-0.15, -0.1) is 0 Å². The molecule has 138 valence electrons. The molecule has 7 heteroatoms. The van der Waals surface area contributed by atoms with Crippen molar-refractivity contribution in [1.82, 2.24) is 10.2 Å².